The molecule has 0 radical (unpaired) electrons. The molecule has 1 N–H and O–H groups in total. The quantitative estimate of drug-likeness (QED) is 0.871. The molecule has 1 unspecified atom stereocenters. The summed E-state index contributed by atoms with van der Waals surface area (Å²) in [6.45, 7) is 1.50. The van der Waals surface area contributed by atoms with Gasteiger partial charge in [0.1, 0.15) is 5.60 Å². The lowest BCUT2D eigenvalue weighted by Crippen LogP contribution is -2.25. The van der Waals surface area contributed by atoms with Gasteiger partial charge in [0.2, 0.25) is 0 Å². The molecule has 0 spiro atoms. The molecule has 0 aliphatic heterocycles. The normalized spacial score (nSPS) is 16.1. The van der Waals surface area contributed by atoms with Gasteiger partial charge in [0.15, 0.2) is 0 Å². The highest BCUT2D eigenvalue weighted by atomic mass is 19.4. The summed E-state index contributed by atoms with van der Waals surface area (Å²) in [5, 5.41) is 13.9. The van der Waals surface area contributed by atoms with E-state index in [0.717, 1.165) is 0 Å². The van der Waals surface area contributed by atoms with Crippen LogP contribution >= 0.6 is 0 Å². The largest absolute Gasteiger partial charge is 0.389 e. The van der Waals surface area contributed by atoms with Gasteiger partial charge in [0.05, 0.1) is 5.69 Å². The highest BCUT2D eigenvalue weighted by Gasteiger charge is 2.30. The van der Waals surface area contributed by atoms with Crippen LogP contribution in [0.2, 0.25) is 0 Å². The van der Waals surface area contributed by atoms with Crippen LogP contribution in [-0.2, 0) is 12.6 Å². The van der Waals surface area contributed by atoms with Crippen LogP contribution in [0, 0.1) is 0 Å². The van der Waals surface area contributed by atoms with E-state index < -0.39 is 18.2 Å². The van der Waals surface area contributed by atoms with Crippen LogP contribution in [0.25, 0.3) is 0 Å². The molecule has 1 atom stereocenters. The lowest BCUT2D eigenvalue weighted by molar-refractivity contribution is -0.137. The van der Waals surface area contributed by atoms with Gasteiger partial charge in [-0.2, -0.15) is 18.3 Å². The monoisotopic (exact) mass is 236 g/mol. The summed E-state index contributed by atoms with van der Waals surface area (Å²) in [6.07, 6.45) is -3.56. The van der Waals surface area contributed by atoms with Gasteiger partial charge in [0.25, 0.3) is 0 Å². The molecule has 92 valence electrons. The van der Waals surface area contributed by atoms with E-state index in [1.807, 2.05) is 0 Å². The molecule has 0 aliphatic rings. The minimum Gasteiger partial charge on any atom is -0.384 e. The first-order chi connectivity index (χ1) is 7.22. The van der Waals surface area contributed by atoms with Gasteiger partial charge in [-0.15, -0.1) is 0 Å². The molecule has 0 bridgehead atoms. The SMILES string of the molecule is Cn1nccc1C(C)(O)CCCC(F)(F)F. The fourth-order valence-electron chi connectivity index (χ4n) is 1.66. The highest BCUT2D eigenvalue weighted by molar-refractivity contribution is 5.09. The number of aliphatic hydroxyl groups is 1. The Morgan fingerprint density at radius 3 is 2.44 bits per heavy atom. The minimum atomic E-state index is -4.16. The Bertz CT molecular complexity index is 344. The van der Waals surface area contributed by atoms with E-state index in [1.54, 1.807) is 13.1 Å². The molecule has 0 saturated carbocycles. The number of hydrogen-bond donors (Lipinski definition) is 1. The Hall–Kier alpha value is -1.04. The molecule has 1 aromatic rings. The van der Waals surface area contributed by atoms with Crippen molar-refractivity contribution in [3.05, 3.63) is 18.0 Å². The molecule has 1 rings (SSSR count). The first-order valence-corrected chi connectivity index (χ1v) is 5.00. The molecule has 0 saturated heterocycles. The van der Waals surface area contributed by atoms with Crippen LogP contribution in [0.15, 0.2) is 12.3 Å². The predicted molar refractivity (Wildman–Crippen MR) is 52.7 cm³/mol. The number of halogens is 3. The van der Waals surface area contributed by atoms with Crippen LogP contribution in [0.1, 0.15) is 31.9 Å². The van der Waals surface area contributed by atoms with E-state index in [2.05, 4.69) is 5.10 Å². The number of aromatic nitrogens is 2. The average Bonchev–Trinajstić information content (AvgIpc) is 2.48. The zero-order valence-corrected chi connectivity index (χ0v) is 9.25. The van der Waals surface area contributed by atoms with Crippen LogP contribution in [0.3, 0.4) is 0 Å². The molecule has 3 nitrogen and oxygen atoms in total. The van der Waals surface area contributed by atoms with Crippen LogP contribution in [0.5, 0.6) is 0 Å². The summed E-state index contributed by atoms with van der Waals surface area (Å²) >= 11 is 0. The summed E-state index contributed by atoms with van der Waals surface area (Å²) in [7, 11) is 1.65. The van der Waals surface area contributed by atoms with E-state index >= 15 is 0 Å². The predicted octanol–water partition coefficient (Wildman–Crippen LogP) is 2.36. The van der Waals surface area contributed by atoms with Gasteiger partial charge >= 0.3 is 6.18 Å². The molecule has 1 heterocycles. The van der Waals surface area contributed by atoms with Crippen molar-refractivity contribution in [2.45, 2.75) is 38.0 Å². The maximum absolute atomic E-state index is 12.0. The first kappa shape index (κ1) is 13.0. The number of alkyl halides is 3. The van der Waals surface area contributed by atoms with Crippen molar-refractivity contribution in [2.75, 3.05) is 0 Å². The van der Waals surface area contributed by atoms with Crippen LogP contribution < -0.4 is 0 Å². The Kier molecular flexibility index (Phi) is 3.62. The third kappa shape index (κ3) is 3.52. The standard InChI is InChI=1S/C10H15F3N2O/c1-9(16,5-3-6-10(11,12)13)8-4-7-14-15(8)2/h4,7,16H,3,5-6H2,1-2H3. The molecule has 0 aromatic carbocycles. The first-order valence-electron chi connectivity index (χ1n) is 5.00. The highest BCUT2D eigenvalue weighted by Crippen LogP contribution is 2.29. The van der Waals surface area contributed by atoms with Gasteiger partial charge < -0.3 is 5.11 Å². The van der Waals surface area contributed by atoms with Crippen molar-refractivity contribution in [3.8, 4) is 0 Å². The third-order valence-electron chi connectivity index (χ3n) is 2.50. The lowest BCUT2D eigenvalue weighted by atomic mass is 9.95. The summed E-state index contributed by atoms with van der Waals surface area (Å²) in [5.74, 6) is 0. The van der Waals surface area contributed by atoms with E-state index in [0.29, 0.717) is 5.69 Å². The Morgan fingerprint density at radius 2 is 2.00 bits per heavy atom. The number of hydrogen-bond acceptors (Lipinski definition) is 2. The third-order valence-corrected chi connectivity index (χ3v) is 2.50. The summed E-state index contributed by atoms with van der Waals surface area (Å²) in [4.78, 5) is 0. The van der Waals surface area contributed by atoms with E-state index in [9.17, 15) is 18.3 Å². The van der Waals surface area contributed by atoms with Gasteiger partial charge in [0, 0.05) is 19.7 Å². The van der Waals surface area contributed by atoms with Gasteiger partial charge in [-0.1, -0.05) is 0 Å². The van der Waals surface area contributed by atoms with Gasteiger partial charge in [-0.25, -0.2) is 0 Å². The molecule has 1 aromatic heterocycles. The Labute approximate surface area is 91.9 Å². The molecule has 6 heteroatoms. The van der Waals surface area contributed by atoms with Crippen LogP contribution in [-0.4, -0.2) is 21.1 Å². The maximum Gasteiger partial charge on any atom is 0.389 e. The zero-order chi connectivity index (χ0) is 12.4. The van der Waals surface area contributed by atoms with Crippen LogP contribution in [0.4, 0.5) is 13.2 Å². The topological polar surface area (TPSA) is 38.0 Å². The molecular weight excluding hydrogens is 221 g/mol. The van der Waals surface area contributed by atoms with Crippen molar-refractivity contribution in [1.82, 2.24) is 9.78 Å². The smallest absolute Gasteiger partial charge is 0.384 e. The summed E-state index contributed by atoms with van der Waals surface area (Å²) in [5.41, 5.74) is -0.745. The average molecular weight is 236 g/mol. The molecule has 16 heavy (non-hydrogen) atoms. The van der Waals surface area contributed by atoms with Gasteiger partial charge in [-0.3, -0.25) is 4.68 Å². The van der Waals surface area contributed by atoms with Crippen molar-refractivity contribution in [1.29, 1.82) is 0 Å². The van der Waals surface area contributed by atoms with E-state index in [4.69, 9.17) is 0 Å². The second-order valence-electron chi connectivity index (χ2n) is 4.08. The van der Waals surface area contributed by atoms with Crippen molar-refractivity contribution < 1.29 is 18.3 Å². The minimum absolute atomic E-state index is 0.0616. The summed E-state index contributed by atoms with van der Waals surface area (Å²) < 4.78 is 37.3. The second-order valence-corrected chi connectivity index (χ2v) is 4.08. The van der Waals surface area contributed by atoms with Crippen molar-refractivity contribution >= 4 is 0 Å². The fraction of sp³-hybridized carbons (Fsp3) is 0.700. The fourth-order valence-corrected chi connectivity index (χ4v) is 1.66. The lowest BCUT2D eigenvalue weighted by Gasteiger charge is -2.23. The molecule has 0 amide bonds. The Balaban J connectivity index is 2.56. The molecular formula is C10H15F3N2O. The maximum atomic E-state index is 12.0. The number of nitrogens with zero attached hydrogens (tertiary/aromatic N) is 2. The molecule has 0 fully saturated rings. The van der Waals surface area contributed by atoms with E-state index in [1.165, 1.54) is 17.8 Å². The Morgan fingerprint density at radius 1 is 1.38 bits per heavy atom. The molecule has 0 aliphatic carbocycles. The second kappa shape index (κ2) is 4.45. The van der Waals surface area contributed by atoms with Gasteiger partial charge in [-0.05, 0) is 25.8 Å². The zero-order valence-electron chi connectivity index (χ0n) is 9.25. The van der Waals surface area contributed by atoms with E-state index in [-0.39, 0.29) is 12.8 Å². The summed E-state index contributed by atoms with van der Waals surface area (Å²) in [6, 6.07) is 1.60. The van der Waals surface area contributed by atoms with Crippen molar-refractivity contribution in [2.24, 2.45) is 7.05 Å². The van der Waals surface area contributed by atoms with Crippen molar-refractivity contribution in [3.63, 3.8) is 0 Å². The number of rotatable bonds is 4. The number of aryl methyl sites for hydroxylation is 1.